The average molecular weight is 183 g/mol. The molecule has 1 N–H and O–H groups in total. The minimum Gasteiger partial charge on any atom is -0.343 e. The lowest BCUT2D eigenvalue weighted by molar-refractivity contribution is -0.120. The van der Waals surface area contributed by atoms with Crippen LogP contribution in [0.2, 0.25) is 0 Å². The first-order chi connectivity index (χ1) is 6.40. The zero-order valence-electron chi connectivity index (χ0n) is 7.91. The quantitative estimate of drug-likeness (QED) is 0.565. The van der Waals surface area contributed by atoms with E-state index < -0.39 is 0 Å². The van der Waals surface area contributed by atoms with E-state index in [0.29, 0.717) is 6.04 Å². The molecule has 0 radical (unpaired) electrons. The van der Waals surface area contributed by atoms with E-state index in [2.05, 4.69) is 10.2 Å². The Kier molecular flexibility index (Phi) is 2.80. The largest absolute Gasteiger partial charge is 0.343 e. The fourth-order valence-corrected chi connectivity index (χ4v) is 2.16. The summed E-state index contributed by atoms with van der Waals surface area (Å²) in [6.45, 7) is 6.18. The maximum absolute atomic E-state index is 10.5. The van der Waals surface area contributed by atoms with Gasteiger partial charge in [0.15, 0.2) is 0 Å². The first-order valence-corrected chi connectivity index (χ1v) is 5.04. The minimum atomic E-state index is 0.716. The smallest absolute Gasteiger partial charge is 0.209 e. The molecule has 2 rings (SSSR count). The third-order valence-electron chi connectivity index (χ3n) is 3.05. The fraction of sp³-hybridized carbons (Fsp3) is 0.889. The number of nitrogens with one attached hydrogen (secondary N) is 1. The summed E-state index contributed by atoms with van der Waals surface area (Å²) in [5.74, 6) is 0. The number of carbonyl (C=O) groups excluding carboxylic acids is 1. The normalized spacial score (nSPS) is 30.8. The van der Waals surface area contributed by atoms with Crippen molar-refractivity contribution >= 4 is 6.41 Å². The summed E-state index contributed by atoms with van der Waals surface area (Å²) < 4.78 is 0. The highest BCUT2D eigenvalue weighted by atomic mass is 16.1. The zero-order chi connectivity index (χ0) is 9.10. The summed E-state index contributed by atoms with van der Waals surface area (Å²) in [5, 5.41) is 3.37. The fourth-order valence-electron chi connectivity index (χ4n) is 2.16. The molecule has 2 heterocycles. The molecule has 0 unspecified atom stereocenters. The van der Waals surface area contributed by atoms with Crippen LogP contribution in [0.1, 0.15) is 6.42 Å². The van der Waals surface area contributed by atoms with Gasteiger partial charge in [0.1, 0.15) is 0 Å². The van der Waals surface area contributed by atoms with Crippen molar-refractivity contribution in [1.29, 1.82) is 0 Å². The Bertz CT molecular complexity index is 172. The van der Waals surface area contributed by atoms with Gasteiger partial charge in [0.05, 0.1) is 0 Å². The first kappa shape index (κ1) is 8.97. The monoisotopic (exact) mass is 183 g/mol. The summed E-state index contributed by atoms with van der Waals surface area (Å²) in [4.78, 5) is 14.8. The maximum Gasteiger partial charge on any atom is 0.209 e. The van der Waals surface area contributed by atoms with Crippen molar-refractivity contribution < 1.29 is 4.79 Å². The second-order valence-corrected chi connectivity index (χ2v) is 3.82. The van der Waals surface area contributed by atoms with Gasteiger partial charge >= 0.3 is 0 Å². The van der Waals surface area contributed by atoms with Crippen molar-refractivity contribution in [2.24, 2.45) is 0 Å². The van der Waals surface area contributed by atoms with Crippen LogP contribution < -0.4 is 5.32 Å². The van der Waals surface area contributed by atoms with Gasteiger partial charge in [0, 0.05) is 38.8 Å². The summed E-state index contributed by atoms with van der Waals surface area (Å²) in [6, 6.07) is 0.716. The van der Waals surface area contributed by atoms with Crippen LogP contribution in [0.5, 0.6) is 0 Å². The van der Waals surface area contributed by atoms with Gasteiger partial charge in [-0.2, -0.15) is 0 Å². The van der Waals surface area contributed by atoms with Crippen LogP contribution >= 0.6 is 0 Å². The highest BCUT2D eigenvalue weighted by Crippen LogP contribution is 2.10. The molecule has 1 atom stereocenters. The van der Waals surface area contributed by atoms with E-state index >= 15 is 0 Å². The van der Waals surface area contributed by atoms with Crippen molar-refractivity contribution in [3.8, 4) is 0 Å². The van der Waals surface area contributed by atoms with Crippen molar-refractivity contribution in [3.05, 3.63) is 0 Å². The Balaban J connectivity index is 1.79. The molecule has 2 aliphatic heterocycles. The lowest BCUT2D eigenvalue weighted by atomic mass is 10.2. The Morgan fingerprint density at radius 2 is 2.00 bits per heavy atom. The number of nitrogens with zero attached hydrogens (tertiary/aromatic N) is 2. The standard InChI is InChI=1S/C9H17N3O/c13-8-11-3-5-12(6-4-11)9-1-2-10-7-9/h8-10H,1-7H2/t9-/m0/s1. The number of piperazine rings is 1. The van der Waals surface area contributed by atoms with Crippen LogP contribution in [0.15, 0.2) is 0 Å². The highest BCUT2D eigenvalue weighted by molar-refractivity contribution is 5.47. The van der Waals surface area contributed by atoms with Crippen LogP contribution in [0, 0.1) is 0 Å². The minimum absolute atomic E-state index is 0.716. The second kappa shape index (κ2) is 4.07. The molecule has 0 aromatic rings. The Morgan fingerprint density at radius 1 is 1.23 bits per heavy atom. The summed E-state index contributed by atoms with van der Waals surface area (Å²) >= 11 is 0. The van der Waals surface area contributed by atoms with Crippen LogP contribution in [-0.4, -0.2) is 61.5 Å². The molecule has 0 saturated carbocycles. The van der Waals surface area contributed by atoms with E-state index in [4.69, 9.17) is 0 Å². The molecular formula is C9H17N3O. The lowest BCUT2D eigenvalue weighted by Gasteiger charge is -2.36. The van der Waals surface area contributed by atoms with Gasteiger partial charge in [-0.1, -0.05) is 0 Å². The van der Waals surface area contributed by atoms with E-state index in [0.717, 1.165) is 45.7 Å². The van der Waals surface area contributed by atoms with E-state index in [1.807, 2.05) is 4.90 Å². The van der Waals surface area contributed by atoms with E-state index in [-0.39, 0.29) is 0 Å². The third-order valence-corrected chi connectivity index (χ3v) is 3.05. The van der Waals surface area contributed by atoms with Gasteiger partial charge in [0.2, 0.25) is 6.41 Å². The average Bonchev–Trinajstić information content (AvgIpc) is 2.71. The molecule has 2 fully saturated rings. The summed E-state index contributed by atoms with van der Waals surface area (Å²) in [7, 11) is 0. The molecule has 74 valence electrons. The molecule has 0 aromatic heterocycles. The van der Waals surface area contributed by atoms with E-state index in [1.165, 1.54) is 6.42 Å². The molecule has 2 saturated heterocycles. The molecule has 1 amide bonds. The first-order valence-electron chi connectivity index (χ1n) is 5.04. The van der Waals surface area contributed by atoms with Crippen LogP contribution in [-0.2, 0) is 4.79 Å². The van der Waals surface area contributed by atoms with Crippen molar-refractivity contribution in [3.63, 3.8) is 0 Å². The summed E-state index contributed by atoms with van der Waals surface area (Å²) in [5.41, 5.74) is 0. The molecule has 0 aliphatic carbocycles. The van der Waals surface area contributed by atoms with Crippen LogP contribution in [0.3, 0.4) is 0 Å². The van der Waals surface area contributed by atoms with Gasteiger partial charge in [0.25, 0.3) is 0 Å². The number of amides is 1. The number of hydrogen-bond acceptors (Lipinski definition) is 3. The van der Waals surface area contributed by atoms with E-state index in [9.17, 15) is 4.79 Å². The van der Waals surface area contributed by atoms with Crippen LogP contribution in [0.25, 0.3) is 0 Å². The summed E-state index contributed by atoms with van der Waals surface area (Å²) in [6.07, 6.45) is 2.23. The highest BCUT2D eigenvalue weighted by Gasteiger charge is 2.25. The van der Waals surface area contributed by atoms with Crippen molar-refractivity contribution in [2.75, 3.05) is 39.3 Å². The third kappa shape index (κ3) is 2.00. The van der Waals surface area contributed by atoms with Gasteiger partial charge in [-0.05, 0) is 13.0 Å². The topological polar surface area (TPSA) is 35.6 Å². The van der Waals surface area contributed by atoms with Gasteiger partial charge in [-0.15, -0.1) is 0 Å². The number of carbonyl (C=O) groups is 1. The lowest BCUT2D eigenvalue weighted by Crippen LogP contribution is -2.50. The molecular weight excluding hydrogens is 166 g/mol. The molecule has 4 heteroatoms. The molecule has 2 aliphatic rings. The van der Waals surface area contributed by atoms with Gasteiger partial charge in [-0.25, -0.2) is 0 Å². The molecule has 0 spiro atoms. The SMILES string of the molecule is O=CN1CCN([C@H]2CCNC2)CC1. The predicted octanol–water partition coefficient (Wildman–Crippen LogP) is -0.878. The van der Waals surface area contributed by atoms with Crippen LogP contribution in [0.4, 0.5) is 0 Å². The number of rotatable bonds is 2. The Morgan fingerprint density at radius 3 is 2.54 bits per heavy atom. The van der Waals surface area contributed by atoms with Crippen molar-refractivity contribution in [2.45, 2.75) is 12.5 Å². The number of hydrogen-bond donors (Lipinski definition) is 1. The van der Waals surface area contributed by atoms with Gasteiger partial charge in [-0.3, -0.25) is 9.69 Å². The Hall–Kier alpha value is -0.610. The molecule has 0 bridgehead atoms. The van der Waals surface area contributed by atoms with Crippen molar-refractivity contribution in [1.82, 2.24) is 15.1 Å². The Labute approximate surface area is 78.9 Å². The maximum atomic E-state index is 10.5. The van der Waals surface area contributed by atoms with E-state index in [1.54, 1.807) is 0 Å². The second-order valence-electron chi connectivity index (χ2n) is 3.82. The molecule has 4 nitrogen and oxygen atoms in total. The molecule has 0 aromatic carbocycles. The predicted molar refractivity (Wildman–Crippen MR) is 50.5 cm³/mol. The molecule has 13 heavy (non-hydrogen) atoms. The van der Waals surface area contributed by atoms with Gasteiger partial charge < -0.3 is 10.2 Å². The zero-order valence-corrected chi connectivity index (χ0v) is 7.91.